The van der Waals surface area contributed by atoms with Crippen molar-refractivity contribution in [1.82, 2.24) is 4.90 Å². The second kappa shape index (κ2) is 9.35. The lowest BCUT2D eigenvalue weighted by molar-refractivity contribution is 0.216. The van der Waals surface area contributed by atoms with Crippen LogP contribution in [-0.4, -0.2) is 18.0 Å². The molecule has 1 atom stereocenters. The van der Waals surface area contributed by atoms with Gasteiger partial charge in [-0.25, -0.2) is 0 Å². The summed E-state index contributed by atoms with van der Waals surface area (Å²) in [6, 6.07) is 33.1. The Morgan fingerprint density at radius 3 is 1.50 bits per heavy atom. The summed E-state index contributed by atoms with van der Waals surface area (Å²) < 4.78 is 0. The normalized spacial score (nSPS) is 12.5. The minimum Gasteiger partial charge on any atom is -0.297 e. The Labute approximate surface area is 158 Å². The van der Waals surface area contributed by atoms with Crippen molar-refractivity contribution in [3.8, 4) is 0 Å². The van der Waals surface area contributed by atoms with Gasteiger partial charge in [0.15, 0.2) is 0 Å². The number of hydrogen-bond donors (Lipinski definition) is 0. The standard InChI is InChI=1S/C25H29N/c1-3-26(21(2)22-13-7-4-8-14-22)20-19-25(23-15-9-5-10-16-23)24-17-11-6-12-18-24/h4-18,21,25H,3,19-20H2,1-2H3. The zero-order valence-corrected chi connectivity index (χ0v) is 15.9. The third-order valence-electron chi connectivity index (χ3n) is 5.34. The third-order valence-corrected chi connectivity index (χ3v) is 5.34. The lowest BCUT2D eigenvalue weighted by Crippen LogP contribution is -2.29. The van der Waals surface area contributed by atoms with Crippen molar-refractivity contribution < 1.29 is 0 Å². The molecule has 0 spiro atoms. The van der Waals surface area contributed by atoms with E-state index in [1.165, 1.54) is 16.7 Å². The topological polar surface area (TPSA) is 3.24 Å². The van der Waals surface area contributed by atoms with Gasteiger partial charge in [0, 0.05) is 12.0 Å². The van der Waals surface area contributed by atoms with Gasteiger partial charge in [0.2, 0.25) is 0 Å². The van der Waals surface area contributed by atoms with E-state index in [1.54, 1.807) is 0 Å². The van der Waals surface area contributed by atoms with E-state index in [0.29, 0.717) is 12.0 Å². The van der Waals surface area contributed by atoms with Gasteiger partial charge >= 0.3 is 0 Å². The van der Waals surface area contributed by atoms with Crippen molar-refractivity contribution >= 4 is 0 Å². The molecule has 1 nitrogen and oxygen atoms in total. The summed E-state index contributed by atoms with van der Waals surface area (Å²) in [6.45, 7) is 6.73. The highest BCUT2D eigenvalue weighted by Gasteiger charge is 2.18. The molecule has 3 aromatic rings. The molecule has 0 N–H and O–H groups in total. The van der Waals surface area contributed by atoms with E-state index in [9.17, 15) is 0 Å². The summed E-state index contributed by atoms with van der Waals surface area (Å²) in [7, 11) is 0. The average molecular weight is 344 g/mol. The fourth-order valence-electron chi connectivity index (χ4n) is 3.76. The molecule has 26 heavy (non-hydrogen) atoms. The van der Waals surface area contributed by atoms with E-state index in [2.05, 4.69) is 110 Å². The summed E-state index contributed by atoms with van der Waals surface area (Å²) in [5, 5.41) is 0. The average Bonchev–Trinajstić information content (AvgIpc) is 2.73. The second-order valence-electron chi connectivity index (χ2n) is 6.88. The largest absolute Gasteiger partial charge is 0.297 e. The Bertz CT molecular complexity index is 712. The quantitative estimate of drug-likeness (QED) is 0.464. The molecule has 3 rings (SSSR count). The van der Waals surface area contributed by atoms with Crippen molar-refractivity contribution in [2.75, 3.05) is 13.1 Å². The van der Waals surface area contributed by atoms with Crippen LogP contribution >= 0.6 is 0 Å². The van der Waals surface area contributed by atoms with Gasteiger partial charge in [-0.1, -0.05) is 97.9 Å². The minimum atomic E-state index is 0.438. The Morgan fingerprint density at radius 1 is 0.654 bits per heavy atom. The number of hydrogen-bond acceptors (Lipinski definition) is 1. The van der Waals surface area contributed by atoms with Gasteiger partial charge in [-0.05, 0) is 43.1 Å². The monoisotopic (exact) mass is 343 g/mol. The van der Waals surface area contributed by atoms with E-state index >= 15 is 0 Å². The van der Waals surface area contributed by atoms with Gasteiger partial charge in [-0.3, -0.25) is 4.90 Å². The van der Waals surface area contributed by atoms with Crippen molar-refractivity contribution in [3.63, 3.8) is 0 Å². The number of nitrogens with zero attached hydrogens (tertiary/aromatic N) is 1. The van der Waals surface area contributed by atoms with Crippen molar-refractivity contribution in [3.05, 3.63) is 108 Å². The molecule has 1 heteroatoms. The number of benzene rings is 3. The van der Waals surface area contributed by atoms with E-state index in [-0.39, 0.29) is 0 Å². The SMILES string of the molecule is CCN(CCC(c1ccccc1)c1ccccc1)C(C)c1ccccc1. The Morgan fingerprint density at radius 2 is 1.08 bits per heavy atom. The van der Waals surface area contributed by atoms with Crippen LogP contribution in [0, 0.1) is 0 Å². The Hall–Kier alpha value is -2.38. The highest BCUT2D eigenvalue weighted by atomic mass is 15.1. The predicted molar refractivity (Wildman–Crippen MR) is 111 cm³/mol. The van der Waals surface area contributed by atoms with Gasteiger partial charge < -0.3 is 0 Å². The van der Waals surface area contributed by atoms with Crippen molar-refractivity contribution in [2.45, 2.75) is 32.2 Å². The Balaban J connectivity index is 1.76. The van der Waals surface area contributed by atoms with Crippen LogP contribution in [0.3, 0.4) is 0 Å². The molecule has 0 saturated heterocycles. The maximum Gasteiger partial charge on any atom is 0.0319 e. The van der Waals surface area contributed by atoms with Crippen LogP contribution in [0.15, 0.2) is 91.0 Å². The smallest absolute Gasteiger partial charge is 0.0319 e. The molecular weight excluding hydrogens is 314 g/mol. The zero-order valence-electron chi connectivity index (χ0n) is 15.9. The molecule has 3 aromatic carbocycles. The molecule has 0 radical (unpaired) electrons. The van der Waals surface area contributed by atoms with Crippen LogP contribution in [0.5, 0.6) is 0 Å². The summed E-state index contributed by atoms with van der Waals surface area (Å²) in [5.74, 6) is 0.439. The molecule has 1 unspecified atom stereocenters. The maximum absolute atomic E-state index is 2.58. The van der Waals surface area contributed by atoms with Crippen LogP contribution in [-0.2, 0) is 0 Å². The third kappa shape index (κ3) is 4.62. The first kappa shape index (κ1) is 18.4. The first-order valence-electron chi connectivity index (χ1n) is 9.68. The lowest BCUT2D eigenvalue weighted by Gasteiger charge is -2.30. The lowest BCUT2D eigenvalue weighted by atomic mass is 9.88. The van der Waals surface area contributed by atoms with E-state index in [4.69, 9.17) is 0 Å². The van der Waals surface area contributed by atoms with Crippen LogP contribution < -0.4 is 0 Å². The van der Waals surface area contributed by atoms with Gasteiger partial charge in [0.25, 0.3) is 0 Å². The Kier molecular flexibility index (Phi) is 6.62. The summed E-state index contributed by atoms with van der Waals surface area (Å²) in [5.41, 5.74) is 4.20. The molecule has 134 valence electrons. The molecule has 0 aliphatic rings. The zero-order chi connectivity index (χ0) is 18.2. The molecule has 0 fully saturated rings. The molecule has 0 aliphatic carbocycles. The van der Waals surface area contributed by atoms with E-state index in [1.807, 2.05) is 0 Å². The van der Waals surface area contributed by atoms with Crippen molar-refractivity contribution in [1.29, 1.82) is 0 Å². The van der Waals surface area contributed by atoms with Crippen LogP contribution in [0.25, 0.3) is 0 Å². The first-order chi connectivity index (χ1) is 12.8. The summed E-state index contributed by atoms with van der Waals surface area (Å²) in [6.07, 6.45) is 1.12. The minimum absolute atomic E-state index is 0.438. The molecule has 0 aromatic heterocycles. The van der Waals surface area contributed by atoms with Gasteiger partial charge in [0.05, 0.1) is 0 Å². The second-order valence-corrected chi connectivity index (χ2v) is 6.88. The first-order valence-corrected chi connectivity index (χ1v) is 9.68. The van der Waals surface area contributed by atoms with E-state index < -0.39 is 0 Å². The van der Waals surface area contributed by atoms with Crippen LogP contribution in [0.1, 0.15) is 48.9 Å². The maximum atomic E-state index is 2.58. The van der Waals surface area contributed by atoms with E-state index in [0.717, 1.165) is 19.5 Å². The molecule has 0 aliphatic heterocycles. The summed E-state index contributed by atoms with van der Waals surface area (Å²) >= 11 is 0. The fraction of sp³-hybridized carbons (Fsp3) is 0.280. The number of rotatable bonds is 8. The van der Waals surface area contributed by atoms with Gasteiger partial charge in [-0.15, -0.1) is 0 Å². The summed E-state index contributed by atoms with van der Waals surface area (Å²) in [4.78, 5) is 2.58. The van der Waals surface area contributed by atoms with Gasteiger partial charge in [-0.2, -0.15) is 0 Å². The fourth-order valence-corrected chi connectivity index (χ4v) is 3.76. The highest BCUT2D eigenvalue weighted by molar-refractivity contribution is 5.32. The molecule has 0 bridgehead atoms. The van der Waals surface area contributed by atoms with Crippen molar-refractivity contribution in [2.24, 2.45) is 0 Å². The molecular formula is C25H29N. The molecule has 0 saturated carbocycles. The highest BCUT2D eigenvalue weighted by Crippen LogP contribution is 2.29. The van der Waals surface area contributed by atoms with Crippen LogP contribution in [0.4, 0.5) is 0 Å². The van der Waals surface area contributed by atoms with Crippen LogP contribution in [0.2, 0.25) is 0 Å². The molecule has 0 amide bonds. The molecule has 0 heterocycles. The predicted octanol–water partition coefficient (Wildman–Crippen LogP) is 6.29. The van der Waals surface area contributed by atoms with Gasteiger partial charge in [0.1, 0.15) is 0 Å².